The summed E-state index contributed by atoms with van der Waals surface area (Å²) < 4.78 is 44.7. The molecule has 8 heteroatoms. The van der Waals surface area contributed by atoms with E-state index in [0.29, 0.717) is 12.8 Å². The third kappa shape index (κ3) is 4.14. The Morgan fingerprint density at radius 1 is 1.35 bits per heavy atom. The van der Waals surface area contributed by atoms with E-state index < -0.39 is 29.4 Å². The van der Waals surface area contributed by atoms with E-state index in [1.54, 1.807) is 0 Å². The molecule has 0 saturated heterocycles. The SMILES string of the molecule is CCC(N)(C#Cc1cc(Cl)cc2c1OC(C(F)(F)F)C(C(=O)O)=C2)CC. The molecule has 0 radical (unpaired) electrons. The second-order valence-electron chi connectivity index (χ2n) is 5.93. The highest BCUT2D eigenvalue weighted by molar-refractivity contribution is 6.31. The van der Waals surface area contributed by atoms with Crippen LogP contribution in [0.2, 0.25) is 5.02 Å². The molecule has 1 aromatic carbocycles. The summed E-state index contributed by atoms with van der Waals surface area (Å²) in [6.45, 7) is 3.70. The summed E-state index contributed by atoms with van der Waals surface area (Å²) >= 11 is 6.00. The van der Waals surface area contributed by atoms with Gasteiger partial charge in [0.15, 0.2) is 0 Å². The Morgan fingerprint density at radius 3 is 2.46 bits per heavy atom. The number of carbonyl (C=O) groups is 1. The lowest BCUT2D eigenvalue weighted by Crippen LogP contribution is -2.40. The topological polar surface area (TPSA) is 72.5 Å². The number of hydrogen-bond donors (Lipinski definition) is 2. The van der Waals surface area contributed by atoms with Gasteiger partial charge in [-0.15, -0.1) is 0 Å². The predicted octanol–water partition coefficient (Wildman–Crippen LogP) is 4.00. The molecule has 0 saturated carbocycles. The van der Waals surface area contributed by atoms with Gasteiger partial charge in [0, 0.05) is 10.6 Å². The summed E-state index contributed by atoms with van der Waals surface area (Å²) in [5, 5.41) is 9.28. The van der Waals surface area contributed by atoms with Gasteiger partial charge < -0.3 is 15.6 Å². The highest BCUT2D eigenvalue weighted by atomic mass is 35.5. The molecule has 4 nitrogen and oxygen atoms in total. The summed E-state index contributed by atoms with van der Waals surface area (Å²) in [6, 6.07) is 2.69. The van der Waals surface area contributed by atoms with E-state index in [1.165, 1.54) is 12.1 Å². The number of alkyl halides is 3. The van der Waals surface area contributed by atoms with Crippen molar-refractivity contribution in [1.29, 1.82) is 0 Å². The van der Waals surface area contributed by atoms with Crippen molar-refractivity contribution in [2.75, 3.05) is 0 Å². The van der Waals surface area contributed by atoms with Crippen molar-refractivity contribution in [3.63, 3.8) is 0 Å². The van der Waals surface area contributed by atoms with Crippen molar-refractivity contribution in [2.45, 2.75) is 44.5 Å². The van der Waals surface area contributed by atoms with Crippen molar-refractivity contribution in [1.82, 2.24) is 0 Å². The van der Waals surface area contributed by atoms with Crippen molar-refractivity contribution < 1.29 is 27.8 Å². The van der Waals surface area contributed by atoms with Gasteiger partial charge in [0.1, 0.15) is 5.75 Å². The fraction of sp³-hybridized carbons (Fsp3) is 0.389. The van der Waals surface area contributed by atoms with E-state index >= 15 is 0 Å². The van der Waals surface area contributed by atoms with Crippen molar-refractivity contribution in [3.8, 4) is 17.6 Å². The first-order chi connectivity index (χ1) is 12.0. The third-order valence-electron chi connectivity index (χ3n) is 4.16. The molecule has 0 amide bonds. The zero-order chi connectivity index (χ0) is 19.7. The van der Waals surface area contributed by atoms with Crippen LogP contribution in [0, 0.1) is 11.8 Å². The molecule has 0 aromatic heterocycles. The standard InChI is InChI=1S/C18H17ClF3NO3/c1-3-17(23,4-2)6-5-10-7-12(19)8-11-9-13(16(24)25)15(18(20,21)22)26-14(10)11/h7-9,15H,3-4,23H2,1-2H3,(H,24,25). The number of nitrogens with two attached hydrogens (primary N) is 1. The molecule has 1 aromatic rings. The normalized spacial score (nSPS) is 16.7. The summed E-state index contributed by atoms with van der Waals surface area (Å²) in [5.74, 6) is 3.71. The molecule has 3 N–H and O–H groups in total. The fourth-order valence-corrected chi connectivity index (χ4v) is 2.63. The average Bonchev–Trinajstić information content (AvgIpc) is 2.57. The Balaban J connectivity index is 2.63. The smallest absolute Gasteiger partial charge is 0.430 e. The van der Waals surface area contributed by atoms with Crippen LogP contribution in [-0.4, -0.2) is 28.9 Å². The van der Waals surface area contributed by atoms with Gasteiger partial charge in [0.25, 0.3) is 0 Å². The number of ether oxygens (including phenoxy) is 1. The minimum atomic E-state index is -4.89. The van der Waals surface area contributed by atoms with Crippen molar-refractivity contribution in [2.24, 2.45) is 5.73 Å². The number of carboxylic acids is 1. The van der Waals surface area contributed by atoms with Gasteiger partial charge in [-0.3, -0.25) is 0 Å². The van der Waals surface area contributed by atoms with E-state index in [9.17, 15) is 18.0 Å². The van der Waals surface area contributed by atoms with E-state index in [4.69, 9.17) is 27.2 Å². The van der Waals surface area contributed by atoms with Gasteiger partial charge in [-0.1, -0.05) is 37.3 Å². The maximum absolute atomic E-state index is 13.2. The Hall–Kier alpha value is -2.17. The number of rotatable bonds is 3. The van der Waals surface area contributed by atoms with E-state index in [0.717, 1.165) is 6.08 Å². The molecule has 0 spiro atoms. The van der Waals surface area contributed by atoms with Gasteiger partial charge in [-0.25, -0.2) is 4.79 Å². The lowest BCUT2D eigenvalue weighted by Gasteiger charge is -2.28. The van der Waals surface area contributed by atoms with Crippen molar-refractivity contribution >= 4 is 23.6 Å². The molecule has 140 valence electrons. The maximum atomic E-state index is 13.2. The summed E-state index contributed by atoms with van der Waals surface area (Å²) in [6.07, 6.45) is -5.47. The molecule has 26 heavy (non-hydrogen) atoms. The number of benzene rings is 1. The number of hydrogen-bond acceptors (Lipinski definition) is 3. The first-order valence-corrected chi connectivity index (χ1v) is 8.22. The van der Waals surface area contributed by atoms with Crippen LogP contribution in [0.4, 0.5) is 13.2 Å². The second-order valence-corrected chi connectivity index (χ2v) is 6.37. The second kappa shape index (κ2) is 7.22. The summed E-state index contributed by atoms with van der Waals surface area (Å²) in [4.78, 5) is 11.2. The van der Waals surface area contributed by atoms with Crippen LogP contribution in [0.25, 0.3) is 6.08 Å². The number of aliphatic carboxylic acids is 1. The average molecular weight is 388 g/mol. The number of fused-ring (bicyclic) bond motifs is 1. The lowest BCUT2D eigenvalue weighted by atomic mass is 9.94. The van der Waals surface area contributed by atoms with E-state index in [2.05, 4.69) is 11.8 Å². The molecule has 1 atom stereocenters. The summed E-state index contributed by atoms with van der Waals surface area (Å²) in [7, 11) is 0. The van der Waals surface area contributed by atoms with Crippen LogP contribution in [-0.2, 0) is 4.79 Å². The number of halogens is 4. The van der Waals surface area contributed by atoms with Crippen LogP contribution in [0.3, 0.4) is 0 Å². The predicted molar refractivity (Wildman–Crippen MR) is 91.9 cm³/mol. The maximum Gasteiger partial charge on any atom is 0.430 e. The molecular formula is C18H17ClF3NO3. The molecule has 0 fully saturated rings. The Bertz CT molecular complexity index is 817. The molecule has 0 bridgehead atoms. The van der Waals surface area contributed by atoms with Gasteiger partial charge in [0.2, 0.25) is 6.10 Å². The van der Waals surface area contributed by atoms with E-state index in [1.807, 2.05) is 13.8 Å². The molecule has 1 unspecified atom stereocenters. The lowest BCUT2D eigenvalue weighted by molar-refractivity contribution is -0.187. The molecule has 0 aliphatic carbocycles. The van der Waals surface area contributed by atoms with E-state index in [-0.39, 0.29) is 21.9 Å². The molecular weight excluding hydrogens is 371 g/mol. The quantitative estimate of drug-likeness (QED) is 0.769. The fourth-order valence-electron chi connectivity index (χ4n) is 2.41. The van der Waals surface area contributed by atoms with Gasteiger partial charge in [0.05, 0.1) is 16.7 Å². The van der Waals surface area contributed by atoms with Crippen molar-refractivity contribution in [3.05, 3.63) is 33.9 Å². The summed E-state index contributed by atoms with van der Waals surface area (Å²) in [5.41, 5.74) is 4.63. The van der Waals surface area contributed by atoms with Gasteiger partial charge in [-0.2, -0.15) is 13.2 Å². The first kappa shape index (κ1) is 20.1. The van der Waals surface area contributed by atoms with Crippen LogP contribution in [0.15, 0.2) is 17.7 Å². The van der Waals surface area contributed by atoms with Crippen LogP contribution < -0.4 is 10.5 Å². The van der Waals surface area contributed by atoms with Crippen LogP contribution in [0.5, 0.6) is 5.75 Å². The van der Waals surface area contributed by atoms with Crippen LogP contribution in [0.1, 0.15) is 37.8 Å². The highest BCUT2D eigenvalue weighted by Gasteiger charge is 2.48. The van der Waals surface area contributed by atoms with Crippen LogP contribution >= 0.6 is 11.6 Å². The first-order valence-electron chi connectivity index (χ1n) is 7.84. The Labute approximate surface area is 153 Å². The highest BCUT2D eigenvalue weighted by Crippen LogP contribution is 2.40. The molecule has 2 rings (SSSR count). The monoisotopic (exact) mass is 387 g/mol. The zero-order valence-corrected chi connectivity index (χ0v) is 14.8. The largest absolute Gasteiger partial charge is 0.478 e. The minimum Gasteiger partial charge on any atom is -0.478 e. The molecule has 1 aliphatic heterocycles. The zero-order valence-electron chi connectivity index (χ0n) is 14.1. The van der Waals surface area contributed by atoms with Gasteiger partial charge >= 0.3 is 12.1 Å². The number of carboxylic acid groups (broad SMARTS) is 1. The van der Waals surface area contributed by atoms with Gasteiger partial charge in [-0.05, 0) is 31.1 Å². The Morgan fingerprint density at radius 2 is 1.96 bits per heavy atom. The third-order valence-corrected chi connectivity index (χ3v) is 4.38. The molecule has 1 heterocycles. The Kier molecular flexibility index (Phi) is 5.59. The molecule has 1 aliphatic rings. The minimum absolute atomic E-state index is 0.121.